The summed E-state index contributed by atoms with van der Waals surface area (Å²) in [6, 6.07) is 7.37. The van der Waals surface area contributed by atoms with E-state index in [1.165, 1.54) is 0 Å². The first kappa shape index (κ1) is 13.5. The van der Waals surface area contributed by atoms with E-state index in [4.69, 9.17) is 21.1 Å². The van der Waals surface area contributed by atoms with Gasteiger partial charge in [0.15, 0.2) is 0 Å². The standard InChI is InChI=1S/C14H14ClNO3/c1-8-3-4-11(15)12(5-8)16-7-10-6-9(2)13(19-10)14(17)18/h3-6,16H,7H2,1-2H3,(H,17,18). The van der Waals surface area contributed by atoms with Crippen LogP contribution >= 0.6 is 11.6 Å². The number of anilines is 1. The van der Waals surface area contributed by atoms with E-state index in [0.29, 0.717) is 22.9 Å². The summed E-state index contributed by atoms with van der Waals surface area (Å²) in [4.78, 5) is 10.9. The van der Waals surface area contributed by atoms with E-state index in [1.807, 2.05) is 25.1 Å². The Kier molecular flexibility index (Phi) is 3.81. The van der Waals surface area contributed by atoms with Crippen molar-refractivity contribution in [3.8, 4) is 0 Å². The van der Waals surface area contributed by atoms with E-state index in [2.05, 4.69) is 5.32 Å². The molecule has 1 aromatic carbocycles. The molecule has 4 nitrogen and oxygen atoms in total. The fourth-order valence-corrected chi connectivity index (χ4v) is 1.99. The monoisotopic (exact) mass is 279 g/mol. The fourth-order valence-electron chi connectivity index (χ4n) is 1.80. The molecule has 0 bridgehead atoms. The van der Waals surface area contributed by atoms with Gasteiger partial charge >= 0.3 is 5.97 Å². The third-order valence-corrected chi connectivity index (χ3v) is 3.07. The number of carboxylic acid groups (broad SMARTS) is 1. The average molecular weight is 280 g/mol. The number of carbonyl (C=O) groups is 1. The van der Waals surface area contributed by atoms with Crippen molar-refractivity contribution in [2.75, 3.05) is 5.32 Å². The van der Waals surface area contributed by atoms with Crippen molar-refractivity contribution >= 4 is 23.3 Å². The highest BCUT2D eigenvalue weighted by Gasteiger charge is 2.14. The Morgan fingerprint density at radius 2 is 2.11 bits per heavy atom. The molecule has 1 aromatic heterocycles. The zero-order valence-corrected chi connectivity index (χ0v) is 11.4. The van der Waals surface area contributed by atoms with Crippen molar-refractivity contribution in [1.82, 2.24) is 0 Å². The van der Waals surface area contributed by atoms with Gasteiger partial charge in [-0.2, -0.15) is 0 Å². The molecule has 2 aromatic rings. The highest BCUT2D eigenvalue weighted by atomic mass is 35.5. The number of rotatable bonds is 4. The van der Waals surface area contributed by atoms with Crippen LogP contribution in [0.5, 0.6) is 0 Å². The molecule has 0 atom stereocenters. The van der Waals surface area contributed by atoms with Crippen molar-refractivity contribution in [2.45, 2.75) is 20.4 Å². The van der Waals surface area contributed by atoms with Crippen molar-refractivity contribution in [3.05, 3.63) is 51.9 Å². The molecule has 0 saturated carbocycles. The van der Waals surface area contributed by atoms with Crippen molar-refractivity contribution in [2.24, 2.45) is 0 Å². The average Bonchev–Trinajstić information content (AvgIpc) is 2.72. The van der Waals surface area contributed by atoms with Crippen LogP contribution < -0.4 is 5.32 Å². The lowest BCUT2D eigenvalue weighted by atomic mass is 10.2. The van der Waals surface area contributed by atoms with Crippen molar-refractivity contribution in [1.29, 1.82) is 0 Å². The van der Waals surface area contributed by atoms with Gasteiger partial charge in [-0.05, 0) is 37.6 Å². The Hall–Kier alpha value is -1.94. The lowest BCUT2D eigenvalue weighted by molar-refractivity contribution is 0.0659. The maximum Gasteiger partial charge on any atom is 0.372 e. The summed E-state index contributed by atoms with van der Waals surface area (Å²) < 4.78 is 5.26. The van der Waals surface area contributed by atoms with Gasteiger partial charge in [0.2, 0.25) is 5.76 Å². The molecular weight excluding hydrogens is 266 g/mol. The molecule has 1 heterocycles. The summed E-state index contributed by atoms with van der Waals surface area (Å²) in [5.74, 6) is -0.517. The van der Waals surface area contributed by atoms with Crippen LogP contribution in [0.2, 0.25) is 5.02 Å². The number of halogens is 1. The Morgan fingerprint density at radius 1 is 1.37 bits per heavy atom. The molecule has 0 amide bonds. The molecule has 0 aliphatic carbocycles. The molecule has 2 N–H and O–H groups in total. The van der Waals surface area contributed by atoms with Gasteiger partial charge in [0, 0.05) is 5.56 Å². The molecule has 0 spiro atoms. The number of furan rings is 1. The Morgan fingerprint density at radius 3 is 2.74 bits per heavy atom. The van der Waals surface area contributed by atoms with Gasteiger partial charge in [-0.25, -0.2) is 4.79 Å². The minimum absolute atomic E-state index is 0.0212. The summed E-state index contributed by atoms with van der Waals surface area (Å²) in [5.41, 5.74) is 2.50. The summed E-state index contributed by atoms with van der Waals surface area (Å²) in [5, 5.41) is 12.7. The number of aryl methyl sites for hydroxylation is 2. The van der Waals surface area contributed by atoms with Crippen molar-refractivity contribution in [3.63, 3.8) is 0 Å². The van der Waals surface area contributed by atoms with E-state index < -0.39 is 5.97 Å². The number of aromatic carboxylic acids is 1. The highest BCUT2D eigenvalue weighted by molar-refractivity contribution is 6.33. The normalized spacial score (nSPS) is 10.5. The molecular formula is C14H14ClNO3. The molecule has 0 fully saturated rings. The summed E-state index contributed by atoms with van der Waals surface area (Å²) in [6.07, 6.45) is 0. The summed E-state index contributed by atoms with van der Waals surface area (Å²) in [6.45, 7) is 4.06. The first-order valence-corrected chi connectivity index (χ1v) is 6.18. The number of benzene rings is 1. The van der Waals surface area contributed by atoms with Crippen LogP contribution in [-0.4, -0.2) is 11.1 Å². The molecule has 0 radical (unpaired) electrons. The quantitative estimate of drug-likeness (QED) is 0.892. The molecule has 0 saturated heterocycles. The van der Waals surface area contributed by atoms with E-state index in [-0.39, 0.29) is 5.76 Å². The van der Waals surface area contributed by atoms with Crippen LogP contribution in [0.25, 0.3) is 0 Å². The summed E-state index contributed by atoms with van der Waals surface area (Å²) >= 11 is 6.06. The van der Waals surface area contributed by atoms with Gasteiger partial charge in [-0.15, -0.1) is 0 Å². The smallest absolute Gasteiger partial charge is 0.372 e. The SMILES string of the molecule is Cc1ccc(Cl)c(NCc2cc(C)c(C(=O)O)o2)c1. The molecule has 19 heavy (non-hydrogen) atoms. The second-order valence-corrected chi connectivity index (χ2v) is 4.77. The van der Waals surface area contributed by atoms with Gasteiger partial charge in [0.25, 0.3) is 0 Å². The topological polar surface area (TPSA) is 62.5 Å². The maximum atomic E-state index is 10.9. The van der Waals surface area contributed by atoms with Crippen LogP contribution in [0, 0.1) is 13.8 Å². The number of hydrogen-bond donors (Lipinski definition) is 2. The lowest BCUT2D eigenvalue weighted by Crippen LogP contribution is -1.99. The molecule has 0 aliphatic rings. The maximum absolute atomic E-state index is 10.9. The van der Waals surface area contributed by atoms with E-state index in [9.17, 15) is 4.79 Å². The van der Waals surface area contributed by atoms with Crippen LogP contribution in [0.1, 0.15) is 27.4 Å². The zero-order chi connectivity index (χ0) is 14.0. The van der Waals surface area contributed by atoms with Crippen LogP contribution in [-0.2, 0) is 6.54 Å². The van der Waals surface area contributed by atoms with Crippen LogP contribution in [0.3, 0.4) is 0 Å². The predicted octanol–water partition coefficient (Wildman–Crippen LogP) is 3.86. The lowest BCUT2D eigenvalue weighted by Gasteiger charge is -2.07. The highest BCUT2D eigenvalue weighted by Crippen LogP contribution is 2.24. The molecule has 0 unspecified atom stereocenters. The number of nitrogens with one attached hydrogen (secondary N) is 1. The van der Waals surface area contributed by atoms with Gasteiger partial charge in [0.1, 0.15) is 5.76 Å². The molecule has 5 heteroatoms. The first-order chi connectivity index (χ1) is 8.97. The van der Waals surface area contributed by atoms with E-state index in [0.717, 1.165) is 11.3 Å². The number of carboxylic acids is 1. The third kappa shape index (κ3) is 3.09. The minimum Gasteiger partial charge on any atom is -0.475 e. The van der Waals surface area contributed by atoms with Crippen LogP contribution in [0.15, 0.2) is 28.7 Å². The minimum atomic E-state index is -1.06. The predicted molar refractivity (Wildman–Crippen MR) is 73.9 cm³/mol. The second-order valence-electron chi connectivity index (χ2n) is 4.37. The third-order valence-electron chi connectivity index (χ3n) is 2.74. The van der Waals surface area contributed by atoms with E-state index in [1.54, 1.807) is 13.0 Å². The van der Waals surface area contributed by atoms with Gasteiger partial charge < -0.3 is 14.8 Å². The largest absolute Gasteiger partial charge is 0.475 e. The van der Waals surface area contributed by atoms with Gasteiger partial charge in [0.05, 0.1) is 17.3 Å². The fraction of sp³-hybridized carbons (Fsp3) is 0.214. The molecule has 100 valence electrons. The Bertz CT molecular complexity index is 619. The van der Waals surface area contributed by atoms with Crippen LogP contribution in [0.4, 0.5) is 5.69 Å². The molecule has 0 aliphatic heterocycles. The number of hydrogen-bond acceptors (Lipinski definition) is 3. The first-order valence-electron chi connectivity index (χ1n) is 5.80. The van der Waals surface area contributed by atoms with Gasteiger partial charge in [-0.1, -0.05) is 17.7 Å². The summed E-state index contributed by atoms with van der Waals surface area (Å²) in [7, 11) is 0. The van der Waals surface area contributed by atoms with E-state index >= 15 is 0 Å². The Labute approximate surface area is 116 Å². The van der Waals surface area contributed by atoms with Gasteiger partial charge in [-0.3, -0.25) is 0 Å². The molecule has 2 rings (SSSR count). The zero-order valence-electron chi connectivity index (χ0n) is 10.7. The van der Waals surface area contributed by atoms with Crippen molar-refractivity contribution < 1.29 is 14.3 Å². The second kappa shape index (κ2) is 5.36. The Balaban J connectivity index is 2.12.